The van der Waals surface area contributed by atoms with Crippen molar-refractivity contribution in [2.75, 3.05) is 5.32 Å². The Bertz CT molecular complexity index is 462. The molecule has 0 aliphatic rings. The molecule has 1 heterocycles. The molecule has 0 unspecified atom stereocenters. The third-order valence-corrected chi connectivity index (χ3v) is 3.39. The zero-order valence-electron chi connectivity index (χ0n) is 8.01. The first-order valence-corrected chi connectivity index (χ1v) is 6.50. The van der Waals surface area contributed by atoms with Crippen LogP contribution in [0.1, 0.15) is 5.69 Å². The van der Waals surface area contributed by atoms with E-state index in [1.54, 1.807) is 29.0 Å². The summed E-state index contributed by atoms with van der Waals surface area (Å²) in [5, 5.41) is 6.63. The van der Waals surface area contributed by atoms with Gasteiger partial charge in [0.15, 0.2) is 0 Å². The van der Waals surface area contributed by atoms with E-state index >= 15 is 0 Å². The molecule has 0 aliphatic heterocycles. The molecule has 2 nitrogen and oxygen atoms in total. The lowest BCUT2D eigenvalue weighted by Gasteiger charge is -2.09. The Morgan fingerprint density at radius 2 is 1.88 bits per heavy atom. The molecule has 0 fully saturated rings. The van der Waals surface area contributed by atoms with Gasteiger partial charge in [-0.05, 0) is 12.1 Å². The molecule has 1 N–H and O–H groups in total. The second-order valence-electron chi connectivity index (χ2n) is 3.08. The number of thiazole rings is 1. The van der Waals surface area contributed by atoms with Gasteiger partial charge in [0.05, 0.1) is 33.5 Å². The van der Waals surface area contributed by atoms with Crippen LogP contribution in [0.4, 0.5) is 5.69 Å². The quantitative estimate of drug-likeness (QED) is 0.886. The summed E-state index contributed by atoms with van der Waals surface area (Å²) in [6, 6.07) is 3.30. The third kappa shape index (κ3) is 2.80. The first kappa shape index (κ1) is 12.0. The lowest BCUT2D eigenvalue weighted by Crippen LogP contribution is -2.00. The fraction of sp³-hybridized carbons (Fsp3) is 0.100. The molecule has 0 bridgehead atoms. The number of hydrogen-bond donors (Lipinski definition) is 1. The zero-order chi connectivity index (χ0) is 11.5. The molecule has 6 heteroatoms. The van der Waals surface area contributed by atoms with Crippen molar-refractivity contribution in [3.05, 3.63) is 43.8 Å². The van der Waals surface area contributed by atoms with Gasteiger partial charge in [0, 0.05) is 10.4 Å². The fourth-order valence-electron chi connectivity index (χ4n) is 1.21. The molecule has 0 atom stereocenters. The van der Waals surface area contributed by atoms with E-state index in [4.69, 9.17) is 34.8 Å². The van der Waals surface area contributed by atoms with E-state index in [1.807, 2.05) is 5.38 Å². The van der Waals surface area contributed by atoms with Gasteiger partial charge in [-0.3, -0.25) is 0 Å². The molecule has 0 radical (unpaired) electrons. The second kappa shape index (κ2) is 5.23. The van der Waals surface area contributed by atoms with Crippen molar-refractivity contribution < 1.29 is 0 Å². The Hall–Kier alpha value is -0.480. The van der Waals surface area contributed by atoms with Gasteiger partial charge < -0.3 is 5.32 Å². The molecule has 2 rings (SSSR count). The average molecular weight is 294 g/mol. The molecule has 2 aromatic rings. The highest BCUT2D eigenvalue weighted by molar-refractivity contribution is 7.07. The minimum Gasteiger partial charge on any atom is -0.377 e. The molecule has 0 saturated heterocycles. The highest BCUT2D eigenvalue weighted by Crippen LogP contribution is 2.33. The Kier molecular flexibility index (Phi) is 3.92. The lowest BCUT2D eigenvalue weighted by atomic mass is 10.3. The minimum atomic E-state index is 0.507. The van der Waals surface area contributed by atoms with Crippen LogP contribution in [0.5, 0.6) is 0 Å². The number of halogens is 3. The number of benzene rings is 1. The van der Waals surface area contributed by atoms with Gasteiger partial charge in [0.2, 0.25) is 0 Å². The highest BCUT2D eigenvalue weighted by atomic mass is 35.5. The smallest absolute Gasteiger partial charge is 0.0795 e. The number of nitrogens with zero attached hydrogens (tertiary/aromatic N) is 1. The van der Waals surface area contributed by atoms with Gasteiger partial charge in [-0.2, -0.15) is 0 Å². The van der Waals surface area contributed by atoms with E-state index in [2.05, 4.69) is 10.3 Å². The van der Waals surface area contributed by atoms with Crippen molar-refractivity contribution in [1.82, 2.24) is 4.98 Å². The predicted octanol–water partition coefficient (Wildman–Crippen LogP) is 4.72. The van der Waals surface area contributed by atoms with Crippen molar-refractivity contribution in [1.29, 1.82) is 0 Å². The van der Waals surface area contributed by atoms with Gasteiger partial charge in [-0.15, -0.1) is 11.3 Å². The predicted molar refractivity (Wildman–Crippen MR) is 70.9 cm³/mol. The van der Waals surface area contributed by atoms with Crippen LogP contribution in [0.2, 0.25) is 15.1 Å². The van der Waals surface area contributed by atoms with Crippen LogP contribution in [0.15, 0.2) is 23.0 Å². The van der Waals surface area contributed by atoms with E-state index in [0.717, 1.165) is 5.69 Å². The van der Waals surface area contributed by atoms with Crippen molar-refractivity contribution in [3.8, 4) is 0 Å². The molecular formula is C10H7Cl3N2S. The normalized spacial score (nSPS) is 10.4. The van der Waals surface area contributed by atoms with E-state index in [0.29, 0.717) is 27.3 Å². The van der Waals surface area contributed by atoms with Crippen molar-refractivity contribution in [2.24, 2.45) is 0 Å². The number of aromatic nitrogens is 1. The Labute approximate surface area is 112 Å². The maximum atomic E-state index is 6.03. The van der Waals surface area contributed by atoms with Crippen LogP contribution in [-0.2, 0) is 6.54 Å². The molecule has 84 valence electrons. The third-order valence-electron chi connectivity index (χ3n) is 1.94. The van der Waals surface area contributed by atoms with Crippen LogP contribution < -0.4 is 5.32 Å². The van der Waals surface area contributed by atoms with E-state index in [1.165, 1.54) is 0 Å². The number of hydrogen-bond acceptors (Lipinski definition) is 3. The lowest BCUT2D eigenvalue weighted by molar-refractivity contribution is 1.07. The summed E-state index contributed by atoms with van der Waals surface area (Å²) < 4.78 is 0. The highest BCUT2D eigenvalue weighted by Gasteiger charge is 2.07. The molecule has 0 amide bonds. The number of anilines is 1. The first-order valence-electron chi connectivity index (χ1n) is 4.42. The first-order chi connectivity index (χ1) is 7.66. The minimum absolute atomic E-state index is 0.507. The topological polar surface area (TPSA) is 24.9 Å². The molecule has 1 aromatic heterocycles. The summed E-state index contributed by atoms with van der Waals surface area (Å²) in [5.74, 6) is 0. The second-order valence-corrected chi connectivity index (χ2v) is 5.05. The Balaban J connectivity index is 2.15. The van der Waals surface area contributed by atoms with Crippen molar-refractivity contribution in [3.63, 3.8) is 0 Å². The van der Waals surface area contributed by atoms with Gasteiger partial charge in [0.1, 0.15) is 0 Å². The van der Waals surface area contributed by atoms with Gasteiger partial charge >= 0.3 is 0 Å². The van der Waals surface area contributed by atoms with Crippen LogP contribution >= 0.6 is 46.1 Å². The van der Waals surface area contributed by atoms with Crippen LogP contribution in [0.3, 0.4) is 0 Å². The van der Waals surface area contributed by atoms with Crippen LogP contribution in [-0.4, -0.2) is 4.98 Å². The summed E-state index contributed by atoms with van der Waals surface area (Å²) >= 11 is 19.4. The summed E-state index contributed by atoms with van der Waals surface area (Å²) in [6.45, 7) is 0.588. The average Bonchev–Trinajstić information content (AvgIpc) is 2.68. The summed E-state index contributed by atoms with van der Waals surface area (Å²) in [5.41, 5.74) is 3.41. The van der Waals surface area contributed by atoms with E-state index < -0.39 is 0 Å². The molecule has 0 spiro atoms. The maximum absolute atomic E-state index is 6.03. The van der Waals surface area contributed by atoms with Gasteiger partial charge in [-0.25, -0.2) is 4.98 Å². The summed E-state index contributed by atoms with van der Waals surface area (Å²) in [6.07, 6.45) is 0. The molecule has 16 heavy (non-hydrogen) atoms. The SMILES string of the molecule is Clc1cc(Cl)c(NCc2cscn2)c(Cl)c1. The van der Waals surface area contributed by atoms with E-state index in [9.17, 15) is 0 Å². The number of rotatable bonds is 3. The van der Waals surface area contributed by atoms with Crippen LogP contribution in [0.25, 0.3) is 0 Å². The van der Waals surface area contributed by atoms with E-state index in [-0.39, 0.29) is 0 Å². The largest absolute Gasteiger partial charge is 0.377 e. The summed E-state index contributed by atoms with van der Waals surface area (Å²) in [7, 11) is 0. The fourth-order valence-corrected chi connectivity index (χ4v) is 2.72. The standard InChI is InChI=1S/C10H7Cl3N2S/c11-6-1-8(12)10(9(13)2-6)14-3-7-4-16-5-15-7/h1-2,4-5,14H,3H2. The zero-order valence-corrected chi connectivity index (χ0v) is 11.1. The molecule has 0 aliphatic carbocycles. The number of nitrogens with one attached hydrogen (secondary N) is 1. The molecule has 0 saturated carbocycles. The monoisotopic (exact) mass is 292 g/mol. The summed E-state index contributed by atoms with van der Waals surface area (Å²) in [4.78, 5) is 4.15. The van der Waals surface area contributed by atoms with Gasteiger partial charge in [-0.1, -0.05) is 34.8 Å². The Morgan fingerprint density at radius 3 is 2.44 bits per heavy atom. The van der Waals surface area contributed by atoms with Crippen molar-refractivity contribution in [2.45, 2.75) is 6.54 Å². The molecular weight excluding hydrogens is 287 g/mol. The van der Waals surface area contributed by atoms with Gasteiger partial charge in [0.25, 0.3) is 0 Å². The van der Waals surface area contributed by atoms with Crippen LogP contribution in [0, 0.1) is 0 Å². The molecule has 1 aromatic carbocycles. The maximum Gasteiger partial charge on any atom is 0.0795 e. The Morgan fingerprint density at radius 1 is 1.19 bits per heavy atom. The van der Waals surface area contributed by atoms with Crippen molar-refractivity contribution >= 4 is 51.8 Å².